The predicted octanol–water partition coefficient (Wildman–Crippen LogP) is 2.42. The summed E-state index contributed by atoms with van der Waals surface area (Å²) in [6, 6.07) is 0. The van der Waals surface area contributed by atoms with Gasteiger partial charge >= 0.3 is 0 Å². The van der Waals surface area contributed by atoms with Gasteiger partial charge in [0.25, 0.3) is 0 Å². The van der Waals surface area contributed by atoms with Gasteiger partial charge in [-0.25, -0.2) is 0 Å². The van der Waals surface area contributed by atoms with E-state index in [0.717, 1.165) is 18.4 Å². The molecule has 20 heavy (non-hydrogen) atoms. The molecule has 0 aromatic carbocycles. The number of carbonyl (C=O) groups is 2. The fraction of sp³-hybridized carbons (Fsp3) is 0.733. The number of nitrogens with one attached hydrogen (secondary N) is 1. The quantitative estimate of drug-likeness (QED) is 0.866. The zero-order chi connectivity index (χ0) is 15.1. The Hall–Kier alpha value is -1.03. The molecule has 1 aliphatic heterocycles. The van der Waals surface area contributed by atoms with Crippen molar-refractivity contribution >= 4 is 23.4 Å². The summed E-state index contributed by atoms with van der Waals surface area (Å²) >= 11 is 5.75. The van der Waals surface area contributed by atoms with Gasteiger partial charge in [-0.05, 0) is 51.5 Å². The van der Waals surface area contributed by atoms with Crippen molar-refractivity contribution in [1.29, 1.82) is 0 Å². The average molecular weight is 299 g/mol. The summed E-state index contributed by atoms with van der Waals surface area (Å²) in [6.07, 6.45) is 2.58. The molecule has 2 rings (SSSR count). The second kappa shape index (κ2) is 5.06. The third-order valence-electron chi connectivity index (χ3n) is 4.80. The Morgan fingerprint density at radius 3 is 2.50 bits per heavy atom. The SMILES string of the molecule is CCC1(C)NC(=O)C(C)(C2CC2)N(CC(C)=CCl)C1=O. The van der Waals surface area contributed by atoms with E-state index in [2.05, 4.69) is 5.32 Å². The zero-order valence-corrected chi connectivity index (χ0v) is 13.4. The lowest BCUT2D eigenvalue weighted by molar-refractivity contribution is -0.162. The summed E-state index contributed by atoms with van der Waals surface area (Å²) in [6.45, 7) is 7.89. The topological polar surface area (TPSA) is 49.4 Å². The van der Waals surface area contributed by atoms with Crippen LogP contribution in [0.4, 0.5) is 0 Å². The number of rotatable bonds is 4. The summed E-state index contributed by atoms with van der Waals surface area (Å²) < 4.78 is 0. The highest BCUT2D eigenvalue weighted by molar-refractivity contribution is 6.25. The van der Waals surface area contributed by atoms with Crippen LogP contribution in [-0.2, 0) is 9.59 Å². The molecule has 0 aromatic heterocycles. The highest BCUT2D eigenvalue weighted by atomic mass is 35.5. The largest absolute Gasteiger partial charge is 0.340 e. The minimum absolute atomic E-state index is 0.00753. The molecule has 5 heteroatoms. The normalized spacial score (nSPS) is 35.2. The maximum Gasteiger partial charge on any atom is 0.249 e. The van der Waals surface area contributed by atoms with Crippen molar-refractivity contribution in [1.82, 2.24) is 10.2 Å². The number of carbonyl (C=O) groups excluding carboxylic acids is 2. The highest BCUT2D eigenvalue weighted by Crippen LogP contribution is 2.46. The third-order valence-corrected chi connectivity index (χ3v) is 5.17. The molecule has 2 unspecified atom stereocenters. The van der Waals surface area contributed by atoms with Crippen LogP contribution < -0.4 is 5.32 Å². The van der Waals surface area contributed by atoms with Gasteiger partial charge in [0.2, 0.25) is 11.8 Å². The van der Waals surface area contributed by atoms with Crippen LogP contribution in [0.2, 0.25) is 0 Å². The molecule has 4 nitrogen and oxygen atoms in total. The van der Waals surface area contributed by atoms with Gasteiger partial charge in [-0.1, -0.05) is 18.5 Å². The maximum atomic E-state index is 12.9. The van der Waals surface area contributed by atoms with Crippen LogP contribution in [0.1, 0.15) is 47.0 Å². The maximum absolute atomic E-state index is 12.9. The molecule has 2 fully saturated rings. The first-order chi connectivity index (χ1) is 9.29. The van der Waals surface area contributed by atoms with Gasteiger partial charge < -0.3 is 10.2 Å². The number of halogens is 1. The monoisotopic (exact) mass is 298 g/mol. The van der Waals surface area contributed by atoms with Gasteiger partial charge in [-0.2, -0.15) is 0 Å². The van der Waals surface area contributed by atoms with Gasteiger partial charge in [0.15, 0.2) is 0 Å². The summed E-state index contributed by atoms with van der Waals surface area (Å²) in [5, 5.41) is 2.94. The summed E-state index contributed by atoms with van der Waals surface area (Å²) in [5.41, 5.74) is 0.821. The lowest BCUT2D eigenvalue weighted by atomic mass is 9.82. The van der Waals surface area contributed by atoms with E-state index in [1.54, 1.807) is 11.8 Å². The molecule has 2 aliphatic rings. The molecule has 112 valence electrons. The first kappa shape index (κ1) is 15.4. The minimum atomic E-state index is -0.807. The molecule has 2 atom stereocenters. The fourth-order valence-electron chi connectivity index (χ4n) is 2.87. The minimum Gasteiger partial charge on any atom is -0.340 e. The van der Waals surface area contributed by atoms with Crippen LogP contribution in [-0.4, -0.2) is 34.3 Å². The van der Waals surface area contributed by atoms with Crippen LogP contribution in [0.5, 0.6) is 0 Å². The van der Waals surface area contributed by atoms with E-state index in [-0.39, 0.29) is 17.7 Å². The van der Waals surface area contributed by atoms with Gasteiger partial charge in [0.05, 0.1) is 0 Å². The molecule has 1 saturated carbocycles. The molecule has 0 aromatic rings. The standard InChI is InChI=1S/C15H23ClN2O2/c1-5-14(3)13(20)18(9-10(2)8-16)15(4,11-6-7-11)12(19)17-14/h8,11H,5-7,9H2,1-4H3,(H,17,19). The molecule has 1 aliphatic carbocycles. The predicted molar refractivity (Wildman–Crippen MR) is 79.3 cm³/mol. The lowest BCUT2D eigenvalue weighted by Gasteiger charge is -2.50. The Bertz CT molecular complexity index is 472. The molecule has 0 radical (unpaired) electrons. The molecule has 0 bridgehead atoms. The van der Waals surface area contributed by atoms with Crippen molar-refractivity contribution in [3.63, 3.8) is 0 Å². The molecule has 1 heterocycles. The Labute approximate surface area is 125 Å². The van der Waals surface area contributed by atoms with E-state index < -0.39 is 11.1 Å². The number of amides is 2. The Morgan fingerprint density at radius 1 is 1.45 bits per heavy atom. The lowest BCUT2D eigenvalue weighted by Crippen LogP contribution is -2.74. The second-order valence-electron chi connectivity index (χ2n) is 6.41. The summed E-state index contributed by atoms with van der Waals surface area (Å²) in [4.78, 5) is 27.2. The van der Waals surface area contributed by atoms with Crippen molar-refractivity contribution in [3.8, 4) is 0 Å². The van der Waals surface area contributed by atoms with Crippen molar-refractivity contribution < 1.29 is 9.59 Å². The van der Waals surface area contributed by atoms with Crippen LogP contribution in [0.3, 0.4) is 0 Å². The molecule has 1 N–H and O–H groups in total. The molecular weight excluding hydrogens is 276 g/mol. The van der Waals surface area contributed by atoms with Gasteiger partial charge in [0, 0.05) is 12.1 Å². The van der Waals surface area contributed by atoms with Crippen LogP contribution in [0.25, 0.3) is 0 Å². The number of nitrogens with zero attached hydrogens (tertiary/aromatic N) is 1. The van der Waals surface area contributed by atoms with E-state index in [0.29, 0.717) is 13.0 Å². The van der Waals surface area contributed by atoms with Crippen molar-refractivity contribution in [2.75, 3.05) is 6.54 Å². The highest BCUT2D eigenvalue weighted by Gasteiger charge is 2.59. The number of hydrogen-bond donors (Lipinski definition) is 1. The van der Waals surface area contributed by atoms with E-state index in [4.69, 9.17) is 11.6 Å². The van der Waals surface area contributed by atoms with E-state index in [1.807, 2.05) is 20.8 Å². The fourth-order valence-corrected chi connectivity index (χ4v) is 2.94. The molecule has 2 amide bonds. The van der Waals surface area contributed by atoms with Gasteiger partial charge in [0.1, 0.15) is 11.1 Å². The molecule has 1 saturated heterocycles. The Kier molecular flexibility index (Phi) is 3.89. The average Bonchev–Trinajstić information content (AvgIpc) is 3.25. The van der Waals surface area contributed by atoms with Crippen LogP contribution in [0.15, 0.2) is 11.1 Å². The van der Waals surface area contributed by atoms with Crippen molar-refractivity contribution in [2.45, 2.75) is 58.0 Å². The van der Waals surface area contributed by atoms with E-state index in [1.165, 1.54) is 5.54 Å². The number of hydrogen-bond acceptors (Lipinski definition) is 2. The van der Waals surface area contributed by atoms with Crippen LogP contribution in [0, 0.1) is 5.92 Å². The van der Waals surface area contributed by atoms with Crippen LogP contribution >= 0.6 is 11.6 Å². The number of piperazine rings is 1. The van der Waals surface area contributed by atoms with Gasteiger partial charge in [-0.15, -0.1) is 0 Å². The van der Waals surface area contributed by atoms with E-state index >= 15 is 0 Å². The van der Waals surface area contributed by atoms with Crippen molar-refractivity contribution in [2.24, 2.45) is 5.92 Å². The molecule has 0 spiro atoms. The zero-order valence-electron chi connectivity index (χ0n) is 12.6. The van der Waals surface area contributed by atoms with E-state index in [9.17, 15) is 9.59 Å². The first-order valence-corrected chi connectivity index (χ1v) is 7.63. The molecular formula is C15H23ClN2O2. The Morgan fingerprint density at radius 2 is 2.05 bits per heavy atom. The van der Waals surface area contributed by atoms with Gasteiger partial charge in [-0.3, -0.25) is 9.59 Å². The summed E-state index contributed by atoms with van der Waals surface area (Å²) in [5.74, 6) is 0.217. The first-order valence-electron chi connectivity index (χ1n) is 7.20. The summed E-state index contributed by atoms with van der Waals surface area (Å²) in [7, 11) is 0. The second-order valence-corrected chi connectivity index (χ2v) is 6.63. The smallest absolute Gasteiger partial charge is 0.249 e. The Balaban J connectivity index is 2.41. The van der Waals surface area contributed by atoms with Crippen molar-refractivity contribution in [3.05, 3.63) is 11.1 Å². The third kappa shape index (κ3) is 2.24.